The summed E-state index contributed by atoms with van der Waals surface area (Å²) in [6, 6.07) is 0.520. The second-order valence-electron chi connectivity index (χ2n) is 9.03. The fraction of sp³-hybridized carbons (Fsp3) is 0.739. The Labute approximate surface area is 184 Å². The maximum absolute atomic E-state index is 5.52. The number of anilines is 1. The van der Waals surface area contributed by atoms with Crippen LogP contribution in [0, 0.1) is 0 Å². The van der Waals surface area contributed by atoms with Crippen LogP contribution in [0.15, 0.2) is 0 Å². The van der Waals surface area contributed by atoms with E-state index < -0.39 is 0 Å². The molecule has 2 fully saturated rings. The summed E-state index contributed by atoms with van der Waals surface area (Å²) in [5.41, 5.74) is 1.53. The van der Waals surface area contributed by atoms with Crippen molar-refractivity contribution in [2.75, 3.05) is 51.3 Å². The van der Waals surface area contributed by atoms with Gasteiger partial charge in [-0.3, -0.25) is 4.90 Å². The second kappa shape index (κ2) is 9.47. The van der Waals surface area contributed by atoms with E-state index in [4.69, 9.17) is 14.7 Å². The van der Waals surface area contributed by atoms with Gasteiger partial charge in [0, 0.05) is 37.1 Å². The highest BCUT2D eigenvalue weighted by Gasteiger charge is 2.25. The van der Waals surface area contributed by atoms with E-state index in [1.807, 2.05) is 11.3 Å². The first-order valence-corrected chi connectivity index (χ1v) is 12.7. The van der Waals surface area contributed by atoms with Crippen LogP contribution in [0.5, 0.6) is 0 Å². The number of aryl methyl sites for hydroxylation is 2. The van der Waals surface area contributed by atoms with Crippen LogP contribution >= 0.6 is 11.3 Å². The fourth-order valence-corrected chi connectivity index (χ4v) is 6.43. The summed E-state index contributed by atoms with van der Waals surface area (Å²) < 4.78 is 5.52. The largest absolute Gasteiger partial charge is 0.379 e. The standard InChI is InChI=1S/C23H35N5OS/c1-2-9-27-10-7-17(8-11-27)24-22-21-18-5-3-4-6-19(18)30-23(21)26-20(25-22)16-28-12-14-29-15-13-28/h17H,2-16H2,1H3,(H,24,25,26). The first-order valence-electron chi connectivity index (χ1n) is 11.9. The summed E-state index contributed by atoms with van der Waals surface area (Å²) in [5, 5.41) is 5.22. The molecule has 0 aromatic carbocycles. The summed E-state index contributed by atoms with van der Waals surface area (Å²) in [6.45, 7) is 10.3. The number of aromatic nitrogens is 2. The molecule has 0 spiro atoms. The molecule has 0 saturated carbocycles. The Hall–Kier alpha value is -1.28. The molecule has 2 aromatic heterocycles. The molecule has 3 aliphatic rings. The highest BCUT2D eigenvalue weighted by molar-refractivity contribution is 7.19. The third kappa shape index (κ3) is 4.49. The lowest BCUT2D eigenvalue weighted by Crippen LogP contribution is -2.39. The number of hydrogen-bond donors (Lipinski definition) is 1. The number of fused-ring (bicyclic) bond motifs is 3. The van der Waals surface area contributed by atoms with Gasteiger partial charge >= 0.3 is 0 Å². The third-order valence-corrected chi connectivity index (χ3v) is 7.98. The van der Waals surface area contributed by atoms with Gasteiger partial charge in [-0.15, -0.1) is 11.3 Å². The number of rotatable bonds is 6. The van der Waals surface area contributed by atoms with Crippen LogP contribution in [-0.4, -0.2) is 71.7 Å². The van der Waals surface area contributed by atoms with E-state index in [9.17, 15) is 0 Å². The van der Waals surface area contributed by atoms with Crippen molar-refractivity contribution >= 4 is 27.4 Å². The molecule has 2 saturated heterocycles. The van der Waals surface area contributed by atoms with E-state index in [2.05, 4.69) is 22.0 Å². The van der Waals surface area contributed by atoms with Gasteiger partial charge < -0.3 is 15.0 Å². The lowest BCUT2D eigenvalue weighted by molar-refractivity contribution is 0.0331. The van der Waals surface area contributed by atoms with Crippen LogP contribution < -0.4 is 5.32 Å². The first kappa shape index (κ1) is 20.6. The number of nitrogens with zero attached hydrogens (tertiary/aromatic N) is 4. The van der Waals surface area contributed by atoms with E-state index >= 15 is 0 Å². The minimum Gasteiger partial charge on any atom is -0.379 e. The Balaban J connectivity index is 1.41. The van der Waals surface area contributed by atoms with Crippen LogP contribution in [0.25, 0.3) is 10.2 Å². The fourth-order valence-electron chi connectivity index (χ4n) is 5.15. The number of piperidine rings is 1. The number of nitrogens with one attached hydrogen (secondary N) is 1. The van der Waals surface area contributed by atoms with Crippen molar-refractivity contribution in [1.82, 2.24) is 19.8 Å². The highest BCUT2D eigenvalue weighted by Crippen LogP contribution is 2.39. The van der Waals surface area contributed by atoms with Gasteiger partial charge in [-0.2, -0.15) is 0 Å². The molecule has 4 heterocycles. The van der Waals surface area contributed by atoms with Crippen molar-refractivity contribution in [1.29, 1.82) is 0 Å². The van der Waals surface area contributed by atoms with Crippen LogP contribution in [0.3, 0.4) is 0 Å². The maximum atomic E-state index is 5.52. The number of hydrogen-bond acceptors (Lipinski definition) is 7. The third-order valence-electron chi connectivity index (χ3n) is 6.80. The van der Waals surface area contributed by atoms with E-state index in [1.165, 1.54) is 80.4 Å². The summed E-state index contributed by atoms with van der Waals surface area (Å²) in [4.78, 5) is 17.9. The summed E-state index contributed by atoms with van der Waals surface area (Å²) >= 11 is 1.92. The Morgan fingerprint density at radius 3 is 2.63 bits per heavy atom. The van der Waals surface area contributed by atoms with Crippen LogP contribution in [0.2, 0.25) is 0 Å². The molecule has 0 radical (unpaired) electrons. The molecule has 0 bridgehead atoms. The molecule has 0 unspecified atom stereocenters. The molecule has 7 heteroatoms. The van der Waals surface area contributed by atoms with Gasteiger partial charge in [0.15, 0.2) is 0 Å². The van der Waals surface area contributed by atoms with Gasteiger partial charge in [0.25, 0.3) is 0 Å². The zero-order chi connectivity index (χ0) is 20.3. The van der Waals surface area contributed by atoms with Crippen molar-refractivity contribution in [3.63, 3.8) is 0 Å². The van der Waals surface area contributed by atoms with Crippen molar-refractivity contribution in [2.45, 2.75) is 64.5 Å². The lowest BCUT2D eigenvalue weighted by Gasteiger charge is -2.32. The van der Waals surface area contributed by atoms with Crippen molar-refractivity contribution in [3.05, 3.63) is 16.3 Å². The quantitative estimate of drug-likeness (QED) is 0.756. The highest BCUT2D eigenvalue weighted by atomic mass is 32.1. The number of likely N-dealkylation sites (tertiary alicyclic amines) is 1. The van der Waals surface area contributed by atoms with Gasteiger partial charge in [0.1, 0.15) is 16.5 Å². The van der Waals surface area contributed by atoms with Crippen LogP contribution in [0.1, 0.15) is 55.3 Å². The molecular formula is C23H35N5OS. The number of morpholine rings is 1. The number of thiophene rings is 1. The smallest absolute Gasteiger partial charge is 0.146 e. The monoisotopic (exact) mass is 429 g/mol. The first-order chi connectivity index (χ1) is 14.8. The Kier molecular flexibility index (Phi) is 6.51. The van der Waals surface area contributed by atoms with Crippen molar-refractivity contribution in [3.8, 4) is 0 Å². The molecule has 164 valence electrons. The molecule has 1 aliphatic carbocycles. The number of ether oxygens (including phenoxy) is 1. The Morgan fingerprint density at radius 1 is 1.03 bits per heavy atom. The SMILES string of the molecule is CCCN1CCC(Nc2nc(CN3CCOCC3)nc3sc4c(c23)CCCC4)CC1. The van der Waals surface area contributed by atoms with E-state index in [1.54, 1.807) is 4.88 Å². The molecule has 2 aliphatic heterocycles. The van der Waals surface area contributed by atoms with E-state index in [0.717, 1.165) is 44.5 Å². The Morgan fingerprint density at radius 2 is 1.83 bits per heavy atom. The Bertz CT molecular complexity index is 855. The minimum atomic E-state index is 0.520. The van der Waals surface area contributed by atoms with Gasteiger partial charge in [-0.25, -0.2) is 9.97 Å². The predicted molar refractivity (Wildman–Crippen MR) is 124 cm³/mol. The average Bonchev–Trinajstić information content (AvgIpc) is 3.15. The van der Waals surface area contributed by atoms with Crippen LogP contribution in [0.4, 0.5) is 5.82 Å². The molecule has 5 rings (SSSR count). The van der Waals surface area contributed by atoms with Gasteiger partial charge in [0.05, 0.1) is 25.1 Å². The summed E-state index contributed by atoms with van der Waals surface area (Å²) in [7, 11) is 0. The topological polar surface area (TPSA) is 53.5 Å². The van der Waals surface area contributed by atoms with Crippen molar-refractivity contribution < 1.29 is 4.74 Å². The molecule has 1 N–H and O–H groups in total. The van der Waals surface area contributed by atoms with Crippen LogP contribution in [-0.2, 0) is 24.1 Å². The maximum Gasteiger partial charge on any atom is 0.146 e. The molecule has 0 atom stereocenters. The van der Waals surface area contributed by atoms with Gasteiger partial charge in [-0.1, -0.05) is 6.92 Å². The lowest BCUT2D eigenvalue weighted by atomic mass is 9.96. The molecule has 30 heavy (non-hydrogen) atoms. The van der Waals surface area contributed by atoms with Gasteiger partial charge in [0.2, 0.25) is 0 Å². The van der Waals surface area contributed by atoms with Crippen molar-refractivity contribution in [2.24, 2.45) is 0 Å². The normalized spacial score (nSPS) is 21.8. The molecular weight excluding hydrogens is 394 g/mol. The summed E-state index contributed by atoms with van der Waals surface area (Å²) in [6.07, 6.45) is 8.66. The van der Waals surface area contributed by atoms with E-state index in [0.29, 0.717) is 6.04 Å². The zero-order valence-corrected chi connectivity index (χ0v) is 19.1. The second-order valence-corrected chi connectivity index (χ2v) is 10.1. The predicted octanol–water partition coefficient (Wildman–Crippen LogP) is 3.69. The summed E-state index contributed by atoms with van der Waals surface area (Å²) in [5.74, 6) is 2.07. The molecule has 0 amide bonds. The van der Waals surface area contributed by atoms with Gasteiger partial charge in [-0.05, 0) is 57.1 Å². The molecule has 2 aromatic rings. The average molecular weight is 430 g/mol. The minimum absolute atomic E-state index is 0.520. The van der Waals surface area contributed by atoms with E-state index in [-0.39, 0.29) is 0 Å². The zero-order valence-electron chi connectivity index (χ0n) is 18.3. The molecule has 6 nitrogen and oxygen atoms in total.